The number of carbonyl (C=O) groups excluding carboxylic acids is 2. The van der Waals surface area contributed by atoms with E-state index in [0.29, 0.717) is 19.3 Å². The van der Waals surface area contributed by atoms with Crippen molar-refractivity contribution >= 4 is 11.9 Å². The van der Waals surface area contributed by atoms with E-state index in [0.717, 1.165) is 70.6 Å². The first kappa shape index (κ1) is 60.3. The Labute approximate surface area is 393 Å². The first-order valence-electron chi connectivity index (χ1n) is 25.9. The number of hydrogen-bond donors (Lipinski definition) is 3. The molecule has 0 radical (unpaired) electrons. The van der Waals surface area contributed by atoms with Gasteiger partial charge in [0.05, 0.1) is 25.2 Å². The summed E-state index contributed by atoms with van der Waals surface area (Å²) >= 11 is 0. The van der Waals surface area contributed by atoms with Crippen LogP contribution in [0.5, 0.6) is 0 Å². The summed E-state index contributed by atoms with van der Waals surface area (Å²) in [4.78, 5) is 26.1. The minimum absolute atomic E-state index is 0.00521. The zero-order valence-electron chi connectivity index (χ0n) is 41.1. The molecule has 0 heterocycles. The molecule has 3 unspecified atom stereocenters. The average Bonchev–Trinajstić information content (AvgIpc) is 3.29. The SMILES string of the molecule is CC\C=C/C=C/C=C/C=C\C=C\C=C\CCCCCC(=O)OC(CCC\C=C/C=C\C=C\C=C\CC)CC(=O)NC(CO)C(O)CCCCCCCCCCCCCCCCCCC. The largest absolute Gasteiger partial charge is 0.462 e. The van der Waals surface area contributed by atoms with Gasteiger partial charge in [-0.2, -0.15) is 0 Å². The van der Waals surface area contributed by atoms with Gasteiger partial charge in [0.1, 0.15) is 6.10 Å². The number of carbonyl (C=O) groups is 2. The van der Waals surface area contributed by atoms with Crippen molar-refractivity contribution in [2.75, 3.05) is 6.61 Å². The third kappa shape index (κ3) is 44.9. The van der Waals surface area contributed by atoms with Crippen LogP contribution in [0.2, 0.25) is 0 Å². The van der Waals surface area contributed by atoms with Crippen LogP contribution in [0.3, 0.4) is 0 Å². The predicted molar refractivity (Wildman–Crippen MR) is 277 cm³/mol. The molecule has 0 saturated carbocycles. The summed E-state index contributed by atoms with van der Waals surface area (Å²) in [6.45, 7) is 6.16. The second-order valence-electron chi connectivity index (χ2n) is 17.1. The minimum Gasteiger partial charge on any atom is -0.462 e. The van der Waals surface area contributed by atoms with Gasteiger partial charge in [-0.3, -0.25) is 9.59 Å². The third-order valence-corrected chi connectivity index (χ3v) is 11.0. The molecule has 0 aliphatic carbocycles. The number of unbranched alkanes of at least 4 members (excludes halogenated alkanes) is 20. The first-order chi connectivity index (χ1) is 31.5. The van der Waals surface area contributed by atoms with Crippen molar-refractivity contribution < 1.29 is 24.5 Å². The van der Waals surface area contributed by atoms with Gasteiger partial charge in [0.15, 0.2) is 0 Å². The molecule has 6 heteroatoms. The van der Waals surface area contributed by atoms with E-state index in [1.807, 2.05) is 97.2 Å². The van der Waals surface area contributed by atoms with E-state index in [1.165, 1.54) is 89.9 Å². The van der Waals surface area contributed by atoms with E-state index in [-0.39, 0.29) is 24.9 Å². The molecule has 3 atom stereocenters. The summed E-state index contributed by atoms with van der Waals surface area (Å²) in [5, 5.41) is 23.8. The molecular weight excluding hydrogens is 791 g/mol. The Morgan fingerprint density at radius 3 is 1.30 bits per heavy atom. The van der Waals surface area contributed by atoms with Crippen molar-refractivity contribution in [3.63, 3.8) is 0 Å². The normalized spacial score (nSPS) is 14.3. The smallest absolute Gasteiger partial charge is 0.306 e. The number of rotatable bonds is 44. The van der Waals surface area contributed by atoms with Gasteiger partial charge in [-0.15, -0.1) is 0 Å². The molecule has 362 valence electrons. The Hall–Kier alpha value is -3.74. The summed E-state index contributed by atoms with van der Waals surface area (Å²) in [5.74, 6) is -0.605. The molecule has 0 aromatic rings. The standard InChI is InChI=1S/C58H95NO5/c1-4-7-10-13-16-19-22-24-26-28-30-32-35-38-41-44-47-50-56(61)55(53-60)59-57(62)52-54(49-46-43-40-37-34-21-18-15-12-9-6-3)64-58(63)51-48-45-42-39-36-33-31-29-27-25-23-20-17-14-11-8-5-2/h8-9,11-12,14-15,17-18,20-21,23,25,27,29,31,33-34,36-37,40,54-56,60-61H,4-7,10,13,16,19,22,24,26,28,30,32,35,38-39,41-53H2,1-3H3,(H,59,62)/b11-8-,12-9+,17-14+,18-15+,23-20+,27-25-,31-29+,34-21-,36-33+,40-37-. The Balaban J connectivity index is 4.66. The Morgan fingerprint density at radius 2 is 0.859 bits per heavy atom. The highest BCUT2D eigenvalue weighted by Crippen LogP contribution is 2.17. The quantitative estimate of drug-likeness (QED) is 0.0322. The number of aliphatic hydroxyl groups is 2. The van der Waals surface area contributed by atoms with Crippen LogP contribution in [0.15, 0.2) is 122 Å². The van der Waals surface area contributed by atoms with Crippen molar-refractivity contribution in [1.82, 2.24) is 5.32 Å². The van der Waals surface area contributed by atoms with Gasteiger partial charge in [0.25, 0.3) is 0 Å². The fourth-order valence-electron chi connectivity index (χ4n) is 7.18. The summed E-state index contributed by atoms with van der Waals surface area (Å²) in [7, 11) is 0. The second kappa shape index (κ2) is 50.3. The molecule has 0 aromatic carbocycles. The number of esters is 1. The first-order valence-corrected chi connectivity index (χ1v) is 25.9. The van der Waals surface area contributed by atoms with E-state index in [4.69, 9.17) is 4.74 Å². The lowest BCUT2D eigenvalue weighted by Gasteiger charge is -2.24. The third-order valence-electron chi connectivity index (χ3n) is 11.0. The number of allylic oxidation sites excluding steroid dienone is 20. The van der Waals surface area contributed by atoms with Gasteiger partial charge >= 0.3 is 5.97 Å². The van der Waals surface area contributed by atoms with E-state index in [2.05, 4.69) is 50.4 Å². The molecule has 3 N–H and O–H groups in total. The lowest BCUT2D eigenvalue weighted by Crippen LogP contribution is -2.46. The fraction of sp³-hybridized carbons (Fsp3) is 0.621. The molecular formula is C58H95NO5. The van der Waals surface area contributed by atoms with Gasteiger partial charge in [-0.1, -0.05) is 258 Å². The molecule has 0 aliphatic rings. The summed E-state index contributed by atoms with van der Waals surface area (Å²) in [6.07, 6.45) is 69.8. The van der Waals surface area contributed by atoms with E-state index in [1.54, 1.807) is 0 Å². The van der Waals surface area contributed by atoms with Crippen molar-refractivity contribution in [1.29, 1.82) is 0 Å². The highest BCUT2D eigenvalue weighted by Gasteiger charge is 2.24. The number of ether oxygens (including phenoxy) is 1. The summed E-state index contributed by atoms with van der Waals surface area (Å²) in [5.41, 5.74) is 0. The Kier molecular flexibility index (Phi) is 47.3. The maximum Gasteiger partial charge on any atom is 0.306 e. The number of aliphatic hydroxyl groups excluding tert-OH is 2. The van der Waals surface area contributed by atoms with Crippen LogP contribution in [-0.4, -0.2) is 46.9 Å². The molecule has 0 spiro atoms. The van der Waals surface area contributed by atoms with E-state index in [9.17, 15) is 19.8 Å². The average molecular weight is 886 g/mol. The minimum atomic E-state index is -0.821. The van der Waals surface area contributed by atoms with E-state index >= 15 is 0 Å². The van der Waals surface area contributed by atoms with Gasteiger partial charge in [-0.05, 0) is 57.8 Å². The molecule has 1 amide bonds. The fourth-order valence-corrected chi connectivity index (χ4v) is 7.18. The monoisotopic (exact) mass is 886 g/mol. The predicted octanol–water partition coefficient (Wildman–Crippen LogP) is 15.7. The maximum absolute atomic E-state index is 13.2. The van der Waals surface area contributed by atoms with Gasteiger partial charge in [-0.25, -0.2) is 0 Å². The van der Waals surface area contributed by atoms with Crippen LogP contribution < -0.4 is 5.32 Å². The van der Waals surface area contributed by atoms with Crippen LogP contribution in [0.25, 0.3) is 0 Å². The zero-order valence-corrected chi connectivity index (χ0v) is 41.1. The number of nitrogens with one attached hydrogen (secondary N) is 1. The molecule has 0 saturated heterocycles. The zero-order chi connectivity index (χ0) is 46.7. The molecule has 0 rings (SSSR count). The lowest BCUT2D eigenvalue weighted by atomic mass is 10.0. The van der Waals surface area contributed by atoms with Gasteiger partial charge in [0.2, 0.25) is 5.91 Å². The molecule has 0 bridgehead atoms. The lowest BCUT2D eigenvalue weighted by molar-refractivity contribution is -0.151. The van der Waals surface area contributed by atoms with Crippen LogP contribution in [0.4, 0.5) is 0 Å². The van der Waals surface area contributed by atoms with E-state index < -0.39 is 18.2 Å². The van der Waals surface area contributed by atoms with Gasteiger partial charge in [0, 0.05) is 6.42 Å². The topological polar surface area (TPSA) is 95.9 Å². The molecule has 0 aliphatic heterocycles. The number of hydrogen-bond acceptors (Lipinski definition) is 5. The van der Waals surface area contributed by atoms with Crippen molar-refractivity contribution in [3.8, 4) is 0 Å². The van der Waals surface area contributed by atoms with Crippen LogP contribution in [0, 0.1) is 0 Å². The van der Waals surface area contributed by atoms with Crippen LogP contribution in [0.1, 0.15) is 207 Å². The van der Waals surface area contributed by atoms with Crippen LogP contribution in [-0.2, 0) is 14.3 Å². The van der Waals surface area contributed by atoms with Gasteiger partial charge < -0.3 is 20.3 Å². The van der Waals surface area contributed by atoms with Crippen molar-refractivity contribution in [2.24, 2.45) is 0 Å². The summed E-state index contributed by atoms with van der Waals surface area (Å²) < 4.78 is 5.86. The number of amides is 1. The summed E-state index contributed by atoms with van der Waals surface area (Å²) in [6, 6.07) is -0.741. The second-order valence-corrected chi connectivity index (χ2v) is 17.1. The Bertz CT molecular complexity index is 1360. The maximum atomic E-state index is 13.2. The molecule has 0 fully saturated rings. The van der Waals surface area contributed by atoms with Crippen molar-refractivity contribution in [3.05, 3.63) is 122 Å². The molecule has 0 aromatic heterocycles. The Morgan fingerprint density at radius 1 is 0.469 bits per heavy atom. The molecule has 6 nitrogen and oxygen atoms in total. The van der Waals surface area contributed by atoms with Crippen molar-refractivity contribution in [2.45, 2.75) is 225 Å². The van der Waals surface area contributed by atoms with Crippen LogP contribution >= 0.6 is 0 Å². The highest BCUT2D eigenvalue weighted by molar-refractivity contribution is 5.77. The highest BCUT2D eigenvalue weighted by atomic mass is 16.5. The molecule has 64 heavy (non-hydrogen) atoms.